The van der Waals surface area contributed by atoms with Crippen LogP contribution in [0.3, 0.4) is 0 Å². The van der Waals surface area contributed by atoms with E-state index in [4.69, 9.17) is 11.6 Å². The molecule has 1 heterocycles. The smallest absolute Gasteiger partial charge is 0.308 e. The summed E-state index contributed by atoms with van der Waals surface area (Å²) in [6, 6.07) is 1.31. The fourth-order valence-electron chi connectivity index (χ4n) is 2.95. The van der Waals surface area contributed by atoms with Crippen LogP contribution in [-0.4, -0.2) is 27.6 Å². The third-order valence-electron chi connectivity index (χ3n) is 4.09. The van der Waals surface area contributed by atoms with Crippen molar-refractivity contribution < 1.29 is 14.7 Å². The molecule has 1 fully saturated rings. The largest absolute Gasteiger partial charge is 0.481 e. The van der Waals surface area contributed by atoms with Crippen LogP contribution < -0.4 is 5.32 Å². The number of carboxylic acids is 1. The number of carbonyl (C=O) groups excluding carboxylic acids is 1. The van der Waals surface area contributed by atoms with E-state index < -0.39 is 11.9 Å². The minimum absolute atomic E-state index is 0.248. The van der Waals surface area contributed by atoms with Gasteiger partial charge in [-0.15, -0.1) is 0 Å². The van der Waals surface area contributed by atoms with Gasteiger partial charge in [0.15, 0.2) is 0 Å². The first-order valence-corrected chi connectivity index (χ1v) is 7.80. The van der Waals surface area contributed by atoms with Gasteiger partial charge in [-0.3, -0.25) is 9.59 Å². The van der Waals surface area contributed by atoms with Gasteiger partial charge in [-0.25, -0.2) is 0 Å². The number of nitrogens with zero attached hydrogens (tertiary/aromatic N) is 1. The Balaban J connectivity index is 2.14. The van der Waals surface area contributed by atoms with E-state index >= 15 is 0 Å². The number of carbonyl (C=O) groups is 2. The van der Waals surface area contributed by atoms with Crippen molar-refractivity contribution in [2.75, 3.05) is 0 Å². The molecule has 0 radical (unpaired) electrons. The molecule has 21 heavy (non-hydrogen) atoms. The molecule has 0 spiro atoms. The van der Waals surface area contributed by atoms with Crippen LogP contribution >= 0.6 is 11.6 Å². The molecule has 1 aromatic heterocycles. The second kappa shape index (κ2) is 6.98. The Bertz CT molecular complexity index is 527. The Morgan fingerprint density at radius 2 is 2.10 bits per heavy atom. The topological polar surface area (TPSA) is 71.3 Å². The molecule has 1 aromatic rings. The van der Waals surface area contributed by atoms with Crippen LogP contribution in [0.2, 0.25) is 5.02 Å². The van der Waals surface area contributed by atoms with Crippen molar-refractivity contribution in [2.24, 2.45) is 5.92 Å². The van der Waals surface area contributed by atoms with Crippen molar-refractivity contribution in [3.8, 4) is 0 Å². The third kappa shape index (κ3) is 3.79. The first kappa shape index (κ1) is 15.9. The summed E-state index contributed by atoms with van der Waals surface area (Å²) in [7, 11) is 0. The molecule has 2 N–H and O–H groups in total. The predicted molar refractivity (Wildman–Crippen MR) is 80.6 cm³/mol. The van der Waals surface area contributed by atoms with E-state index in [1.807, 2.05) is 6.92 Å². The number of rotatable bonds is 4. The van der Waals surface area contributed by atoms with Crippen molar-refractivity contribution in [1.82, 2.24) is 9.88 Å². The summed E-state index contributed by atoms with van der Waals surface area (Å²) in [5, 5.41) is 12.8. The molecular weight excluding hydrogens is 292 g/mol. The van der Waals surface area contributed by atoms with Crippen LogP contribution in [0.4, 0.5) is 0 Å². The molecule has 0 bridgehead atoms. The molecule has 1 saturated carbocycles. The van der Waals surface area contributed by atoms with Crippen LogP contribution in [0.5, 0.6) is 0 Å². The highest BCUT2D eigenvalue weighted by Crippen LogP contribution is 2.24. The van der Waals surface area contributed by atoms with Crippen LogP contribution in [-0.2, 0) is 11.3 Å². The fourth-order valence-corrected chi connectivity index (χ4v) is 3.17. The first-order chi connectivity index (χ1) is 10.0. The first-order valence-electron chi connectivity index (χ1n) is 7.42. The Hall–Kier alpha value is -1.49. The normalized spacial score (nSPS) is 22.6. The third-order valence-corrected chi connectivity index (χ3v) is 4.29. The van der Waals surface area contributed by atoms with Crippen LogP contribution in [0.15, 0.2) is 12.3 Å². The van der Waals surface area contributed by atoms with E-state index in [1.165, 1.54) is 0 Å². The minimum Gasteiger partial charge on any atom is -0.481 e. The number of aryl methyl sites for hydroxylation is 1. The van der Waals surface area contributed by atoms with E-state index in [0.717, 1.165) is 19.3 Å². The van der Waals surface area contributed by atoms with Gasteiger partial charge in [0.1, 0.15) is 5.69 Å². The number of nitrogens with one attached hydrogen (secondary N) is 1. The van der Waals surface area contributed by atoms with Crippen molar-refractivity contribution in [3.63, 3.8) is 0 Å². The van der Waals surface area contributed by atoms with Crippen LogP contribution in [0.1, 0.15) is 49.5 Å². The molecule has 2 atom stereocenters. The highest BCUT2D eigenvalue weighted by atomic mass is 35.5. The van der Waals surface area contributed by atoms with Gasteiger partial charge in [-0.2, -0.15) is 0 Å². The SMILES string of the molecule is CCn1cc(Cl)cc1C(=O)NC1CCCCCC1C(=O)O. The van der Waals surface area contributed by atoms with E-state index in [2.05, 4.69) is 5.32 Å². The Morgan fingerprint density at radius 3 is 2.76 bits per heavy atom. The average molecular weight is 313 g/mol. The van der Waals surface area contributed by atoms with Crippen LogP contribution in [0.25, 0.3) is 0 Å². The minimum atomic E-state index is -0.828. The van der Waals surface area contributed by atoms with Crippen molar-refractivity contribution in [3.05, 3.63) is 23.0 Å². The highest BCUT2D eigenvalue weighted by molar-refractivity contribution is 6.31. The molecule has 2 rings (SSSR count). The zero-order valence-corrected chi connectivity index (χ0v) is 12.9. The standard InChI is InChI=1S/C15H21ClN2O3/c1-2-18-9-10(16)8-13(18)14(19)17-12-7-5-3-4-6-11(12)15(20)21/h8-9,11-12H,2-7H2,1H3,(H,17,19)(H,20,21). The summed E-state index contributed by atoms with van der Waals surface area (Å²) >= 11 is 5.94. The van der Waals surface area contributed by atoms with Crippen molar-refractivity contribution >= 4 is 23.5 Å². The Kier molecular flexibility index (Phi) is 5.28. The van der Waals surface area contributed by atoms with Crippen LogP contribution in [0, 0.1) is 5.92 Å². The van der Waals surface area contributed by atoms with E-state index in [9.17, 15) is 14.7 Å². The number of aromatic nitrogens is 1. The molecule has 2 unspecified atom stereocenters. The summed E-state index contributed by atoms with van der Waals surface area (Å²) in [4.78, 5) is 23.8. The van der Waals surface area contributed by atoms with E-state index in [0.29, 0.717) is 30.1 Å². The lowest BCUT2D eigenvalue weighted by Gasteiger charge is -2.23. The monoisotopic (exact) mass is 312 g/mol. The van der Waals surface area contributed by atoms with Gasteiger partial charge in [0, 0.05) is 18.8 Å². The number of amides is 1. The molecular formula is C15H21ClN2O3. The average Bonchev–Trinajstić information content (AvgIpc) is 2.67. The fraction of sp³-hybridized carbons (Fsp3) is 0.600. The molecule has 1 aliphatic rings. The van der Waals surface area contributed by atoms with E-state index in [1.54, 1.807) is 16.8 Å². The van der Waals surface area contributed by atoms with Crippen molar-refractivity contribution in [2.45, 2.75) is 51.6 Å². The Morgan fingerprint density at radius 1 is 1.38 bits per heavy atom. The van der Waals surface area contributed by atoms with Gasteiger partial charge < -0.3 is 15.0 Å². The maximum Gasteiger partial charge on any atom is 0.308 e. The zero-order chi connectivity index (χ0) is 15.4. The second-order valence-corrected chi connectivity index (χ2v) is 5.93. The lowest BCUT2D eigenvalue weighted by atomic mass is 9.95. The maximum absolute atomic E-state index is 12.4. The number of carboxylic acid groups (broad SMARTS) is 1. The highest BCUT2D eigenvalue weighted by Gasteiger charge is 2.31. The maximum atomic E-state index is 12.4. The van der Waals surface area contributed by atoms with Gasteiger partial charge in [-0.1, -0.05) is 30.9 Å². The predicted octanol–water partition coefficient (Wildman–Crippen LogP) is 2.92. The van der Waals surface area contributed by atoms with Crippen molar-refractivity contribution in [1.29, 1.82) is 0 Å². The lowest BCUT2D eigenvalue weighted by molar-refractivity contribution is -0.142. The summed E-state index contributed by atoms with van der Waals surface area (Å²) < 4.78 is 1.77. The molecule has 116 valence electrons. The zero-order valence-electron chi connectivity index (χ0n) is 12.1. The van der Waals surface area contributed by atoms with Gasteiger partial charge in [-0.05, 0) is 25.8 Å². The summed E-state index contributed by atoms with van der Waals surface area (Å²) in [6.45, 7) is 2.57. The molecule has 0 saturated heterocycles. The number of halogens is 1. The molecule has 1 aliphatic carbocycles. The van der Waals surface area contributed by atoms with Gasteiger partial charge in [0.05, 0.1) is 10.9 Å². The Labute approximate surface area is 129 Å². The van der Waals surface area contributed by atoms with Gasteiger partial charge in [0.2, 0.25) is 0 Å². The molecule has 1 amide bonds. The molecule has 5 nitrogen and oxygen atoms in total. The van der Waals surface area contributed by atoms with E-state index in [-0.39, 0.29) is 11.9 Å². The molecule has 0 aromatic carbocycles. The number of hydrogen-bond donors (Lipinski definition) is 2. The second-order valence-electron chi connectivity index (χ2n) is 5.49. The number of aliphatic carboxylic acids is 1. The summed E-state index contributed by atoms with van der Waals surface area (Å²) in [5.74, 6) is -1.58. The van der Waals surface area contributed by atoms with Gasteiger partial charge >= 0.3 is 5.97 Å². The molecule has 6 heteroatoms. The van der Waals surface area contributed by atoms with Gasteiger partial charge in [0.25, 0.3) is 5.91 Å². The molecule has 0 aliphatic heterocycles. The lowest BCUT2D eigenvalue weighted by Crippen LogP contribution is -2.43. The quantitative estimate of drug-likeness (QED) is 0.840. The summed E-state index contributed by atoms with van der Waals surface area (Å²) in [5.41, 5.74) is 0.482. The number of hydrogen-bond acceptors (Lipinski definition) is 2. The summed E-state index contributed by atoms with van der Waals surface area (Å²) in [6.07, 6.45) is 5.91.